The van der Waals surface area contributed by atoms with E-state index in [-0.39, 0.29) is 36.2 Å². The van der Waals surface area contributed by atoms with Crippen molar-refractivity contribution in [2.24, 2.45) is 0 Å². The minimum Gasteiger partial charge on any atom is -0.504 e. The van der Waals surface area contributed by atoms with Gasteiger partial charge in [-0.1, -0.05) is 30.0 Å². The van der Waals surface area contributed by atoms with Gasteiger partial charge in [0.15, 0.2) is 11.5 Å². The van der Waals surface area contributed by atoms with Crippen LogP contribution in [0.5, 0.6) is 11.5 Å². The van der Waals surface area contributed by atoms with Crippen LogP contribution in [0.3, 0.4) is 0 Å². The number of nitro benzene ring substituents is 1. The Balaban J connectivity index is 1.61. The number of nitrogens with one attached hydrogen (secondary N) is 1. The number of carbonyl (C=O) groups is 2. The number of hydrogen-bond acceptors (Lipinski definition) is 8. The van der Waals surface area contributed by atoms with Crippen LogP contribution in [0, 0.1) is 10.1 Å². The summed E-state index contributed by atoms with van der Waals surface area (Å²) in [5.41, 5.74) is 1.01. The molecule has 0 saturated carbocycles. The molecule has 0 radical (unpaired) electrons. The number of rotatable bonds is 8. The van der Waals surface area contributed by atoms with Gasteiger partial charge in [-0.05, 0) is 42.8 Å². The highest BCUT2D eigenvalue weighted by atomic mass is 32.2. The third-order valence-electron chi connectivity index (χ3n) is 4.38. The molecule has 2 aromatic carbocycles. The van der Waals surface area contributed by atoms with Crippen LogP contribution in [0.25, 0.3) is 6.08 Å². The molecule has 0 bridgehead atoms. The Labute approximate surface area is 193 Å². The molecule has 0 spiro atoms. The van der Waals surface area contributed by atoms with Crippen LogP contribution in [0.2, 0.25) is 0 Å². The van der Waals surface area contributed by atoms with E-state index in [4.69, 9.17) is 17.0 Å². The molecular formula is C21H19N3O6S2. The van der Waals surface area contributed by atoms with Crippen LogP contribution in [0.1, 0.15) is 18.9 Å². The zero-order valence-corrected chi connectivity index (χ0v) is 18.6. The van der Waals surface area contributed by atoms with Gasteiger partial charge in [0, 0.05) is 30.8 Å². The van der Waals surface area contributed by atoms with E-state index >= 15 is 0 Å². The molecule has 0 unspecified atom stereocenters. The van der Waals surface area contributed by atoms with Gasteiger partial charge in [-0.3, -0.25) is 24.6 Å². The van der Waals surface area contributed by atoms with Crippen molar-refractivity contribution in [3.05, 3.63) is 63.0 Å². The van der Waals surface area contributed by atoms with Crippen LogP contribution in [0.4, 0.5) is 11.4 Å². The average Bonchev–Trinajstić information content (AvgIpc) is 3.02. The standard InChI is InChI=1S/C21H19N3O6S2/c1-2-30-17-11-13(3-8-16(17)25)12-18-20(27)23(21(31)32-18)10-9-19(26)22-14-4-6-15(7-5-14)24(28)29/h3-8,11-12,25H,2,9-10H2,1H3,(H,22,26)/b18-12-. The van der Waals surface area contributed by atoms with Crippen LogP contribution in [-0.2, 0) is 9.59 Å². The predicted molar refractivity (Wildman–Crippen MR) is 125 cm³/mol. The van der Waals surface area contributed by atoms with Gasteiger partial charge >= 0.3 is 0 Å². The zero-order valence-electron chi connectivity index (χ0n) is 16.9. The first-order chi connectivity index (χ1) is 15.3. The molecule has 1 fully saturated rings. The van der Waals surface area contributed by atoms with Gasteiger partial charge < -0.3 is 15.2 Å². The summed E-state index contributed by atoms with van der Waals surface area (Å²) < 4.78 is 5.70. The van der Waals surface area contributed by atoms with Crippen molar-refractivity contribution in [3.8, 4) is 11.5 Å². The Morgan fingerprint density at radius 2 is 2.03 bits per heavy atom. The van der Waals surface area contributed by atoms with Crippen molar-refractivity contribution in [1.82, 2.24) is 4.90 Å². The first kappa shape index (κ1) is 23.2. The number of amides is 2. The number of ether oxygens (including phenoxy) is 1. The summed E-state index contributed by atoms with van der Waals surface area (Å²) in [6.45, 7) is 2.29. The summed E-state index contributed by atoms with van der Waals surface area (Å²) in [7, 11) is 0. The van der Waals surface area contributed by atoms with E-state index in [0.29, 0.717) is 32.8 Å². The van der Waals surface area contributed by atoms with E-state index in [1.807, 2.05) is 0 Å². The zero-order chi connectivity index (χ0) is 23.3. The highest BCUT2D eigenvalue weighted by Crippen LogP contribution is 2.34. The van der Waals surface area contributed by atoms with Crippen molar-refractivity contribution in [2.75, 3.05) is 18.5 Å². The molecule has 3 rings (SSSR count). The normalized spacial score (nSPS) is 14.7. The Hall–Kier alpha value is -3.44. The second-order valence-electron chi connectivity index (χ2n) is 6.60. The van der Waals surface area contributed by atoms with Crippen LogP contribution in [0.15, 0.2) is 47.4 Å². The molecule has 11 heteroatoms. The van der Waals surface area contributed by atoms with E-state index in [1.54, 1.807) is 25.1 Å². The number of thioether (sulfide) groups is 1. The molecule has 0 atom stereocenters. The van der Waals surface area contributed by atoms with Gasteiger partial charge in [-0.25, -0.2) is 0 Å². The molecule has 0 aromatic heterocycles. The molecule has 166 valence electrons. The van der Waals surface area contributed by atoms with E-state index < -0.39 is 4.92 Å². The van der Waals surface area contributed by atoms with Gasteiger partial charge in [0.05, 0.1) is 16.4 Å². The largest absolute Gasteiger partial charge is 0.504 e. The molecule has 2 N–H and O–H groups in total. The van der Waals surface area contributed by atoms with Crippen molar-refractivity contribution < 1.29 is 24.4 Å². The van der Waals surface area contributed by atoms with E-state index in [0.717, 1.165) is 11.8 Å². The number of nitro groups is 1. The fraction of sp³-hybridized carbons (Fsp3) is 0.190. The lowest BCUT2D eigenvalue weighted by atomic mass is 10.2. The number of thiocarbonyl (C=S) groups is 1. The number of non-ortho nitro benzene ring substituents is 1. The highest BCUT2D eigenvalue weighted by molar-refractivity contribution is 8.26. The van der Waals surface area contributed by atoms with Gasteiger partial charge in [-0.2, -0.15) is 0 Å². The number of aromatic hydroxyl groups is 1. The predicted octanol–water partition coefficient (Wildman–Crippen LogP) is 3.93. The highest BCUT2D eigenvalue weighted by Gasteiger charge is 2.32. The molecule has 0 aliphatic carbocycles. The summed E-state index contributed by atoms with van der Waals surface area (Å²) in [6.07, 6.45) is 1.66. The second-order valence-corrected chi connectivity index (χ2v) is 8.27. The van der Waals surface area contributed by atoms with Gasteiger partial charge in [0.1, 0.15) is 4.32 Å². The van der Waals surface area contributed by atoms with Gasteiger partial charge in [0.2, 0.25) is 5.91 Å². The molecular weight excluding hydrogens is 454 g/mol. The Morgan fingerprint density at radius 1 is 1.31 bits per heavy atom. The second kappa shape index (κ2) is 10.2. The van der Waals surface area contributed by atoms with Crippen LogP contribution < -0.4 is 10.1 Å². The fourth-order valence-electron chi connectivity index (χ4n) is 2.84. The number of phenols is 1. The summed E-state index contributed by atoms with van der Waals surface area (Å²) in [4.78, 5) is 36.9. The fourth-order valence-corrected chi connectivity index (χ4v) is 4.15. The monoisotopic (exact) mass is 473 g/mol. The number of carbonyl (C=O) groups excluding carboxylic acids is 2. The summed E-state index contributed by atoms with van der Waals surface area (Å²) >= 11 is 6.42. The smallest absolute Gasteiger partial charge is 0.269 e. The Morgan fingerprint density at radius 3 is 2.69 bits per heavy atom. The first-order valence-electron chi connectivity index (χ1n) is 9.54. The van der Waals surface area contributed by atoms with Crippen LogP contribution in [-0.4, -0.2) is 44.2 Å². The Kier molecular flexibility index (Phi) is 7.44. The lowest BCUT2D eigenvalue weighted by Gasteiger charge is -2.14. The average molecular weight is 474 g/mol. The van der Waals surface area contributed by atoms with Crippen LogP contribution >= 0.6 is 24.0 Å². The maximum absolute atomic E-state index is 12.7. The molecule has 1 aliphatic heterocycles. The molecule has 2 amide bonds. The molecule has 1 saturated heterocycles. The summed E-state index contributed by atoms with van der Waals surface area (Å²) in [6, 6.07) is 10.2. The Bertz CT molecular complexity index is 1100. The lowest BCUT2D eigenvalue weighted by molar-refractivity contribution is -0.384. The summed E-state index contributed by atoms with van der Waals surface area (Å²) in [5.74, 6) is -0.332. The van der Waals surface area contributed by atoms with Crippen molar-refractivity contribution in [3.63, 3.8) is 0 Å². The lowest BCUT2D eigenvalue weighted by Crippen LogP contribution is -2.31. The topological polar surface area (TPSA) is 122 Å². The third-order valence-corrected chi connectivity index (χ3v) is 5.76. The number of nitrogens with zero attached hydrogens (tertiary/aromatic N) is 2. The van der Waals surface area contributed by atoms with E-state index in [9.17, 15) is 24.8 Å². The van der Waals surface area contributed by atoms with E-state index in [1.165, 1.54) is 35.2 Å². The molecule has 9 nitrogen and oxygen atoms in total. The molecule has 2 aromatic rings. The van der Waals surface area contributed by atoms with Crippen molar-refractivity contribution >= 4 is 57.6 Å². The maximum atomic E-state index is 12.7. The van der Waals surface area contributed by atoms with Gasteiger partial charge in [-0.15, -0.1) is 0 Å². The number of anilines is 1. The molecule has 1 aliphatic rings. The molecule has 1 heterocycles. The first-order valence-corrected chi connectivity index (χ1v) is 10.8. The minimum atomic E-state index is -0.524. The minimum absolute atomic E-state index is 0.00437. The molecule has 32 heavy (non-hydrogen) atoms. The van der Waals surface area contributed by atoms with Crippen molar-refractivity contribution in [2.45, 2.75) is 13.3 Å². The summed E-state index contributed by atoms with van der Waals surface area (Å²) in [5, 5.41) is 23.1. The number of hydrogen-bond donors (Lipinski definition) is 2. The van der Waals surface area contributed by atoms with Gasteiger partial charge in [0.25, 0.3) is 11.6 Å². The van der Waals surface area contributed by atoms with E-state index in [2.05, 4.69) is 5.32 Å². The maximum Gasteiger partial charge on any atom is 0.269 e. The SMILES string of the molecule is CCOc1cc(/C=C2\SC(=S)N(CCC(=O)Nc3ccc([N+](=O)[O-])cc3)C2=O)ccc1O. The third kappa shape index (κ3) is 5.62. The van der Waals surface area contributed by atoms with Crippen molar-refractivity contribution in [1.29, 1.82) is 0 Å². The number of benzene rings is 2. The quantitative estimate of drug-likeness (QED) is 0.256. The number of phenolic OH excluding ortho intramolecular Hbond substituents is 1.